The number of aliphatic hydroxyl groups excluding tert-OH is 1. The van der Waals surface area contributed by atoms with Crippen molar-refractivity contribution >= 4 is 0 Å². The minimum absolute atomic E-state index is 0.0821. The number of ether oxygens (including phenoxy) is 2. The fraction of sp³-hybridized carbons (Fsp3) is 1.00. The fourth-order valence-corrected chi connectivity index (χ4v) is 1.27. The average molecular weight is 219 g/mol. The Labute approximate surface area is 93.0 Å². The van der Waals surface area contributed by atoms with Crippen molar-refractivity contribution in [3.8, 4) is 0 Å². The number of hydrogen-bond donors (Lipinski definition) is 2. The van der Waals surface area contributed by atoms with Crippen LogP contribution in [0.5, 0.6) is 0 Å². The van der Waals surface area contributed by atoms with Gasteiger partial charge in [-0.1, -0.05) is 0 Å². The first-order valence-corrected chi connectivity index (χ1v) is 5.64. The zero-order valence-corrected chi connectivity index (χ0v) is 10.4. The van der Waals surface area contributed by atoms with Gasteiger partial charge in [0.1, 0.15) is 0 Å². The second kappa shape index (κ2) is 8.05. The summed E-state index contributed by atoms with van der Waals surface area (Å²) in [5, 5.41) is 12.2. The number of aliphatic hydroxyl groups is 1. The Bertz CT molecular complexity index is 145. The van der Waals surface area contributed by atoms with Crippen molar-refractivity contribution < 1.29 is 14.6 Å². The lowest BCUT2D eigenvalue weighted by Gasteiger charge is -2.28. The van der Waals surface area contributed by atoms with Crippen LogP contribution in [0.15, 0.2) is 0 Å². The maximum Gasteiger partial charge on any atom is 0.169 e. The Balaban J connectivity index is 3.85. The molecule has 0 aliphatic heterocycles. The van der Waals surface area contributed by atoms with Crippen molar-refractivity contribution in [2.24, 2.45) is 0 Å². The SMILES string of the molecule is CCOC(CNC(C)(C)CCO)OCC. The second-order valence-electron chi connectivity index (χ2n) is 4.08. The van der Waals surface area contributed by atoms with E-state index in [4.69, 9.17) is 14.6 Å². The summed E-state index contributed by atoms with van der Waals surface area (Å²) in [5.41, 5.74) is -0.0821. The first-order valence-electron chi connectivity index (χ1n) is 5.64. The normalized spacial score (nSPS) is 12.4. The minimum Gasteiger partial charge on any atom is -0.396 e. The van der Waals surface area contributed by atoms with E-state index in [0.717, 1.165) is 6.42 Å². The topological polar surface area (TPSA) is 50.7 Å². The summed E-state index contributed by atoms with van der Waals surface area (Å²) in [4.78, 5) is 0. The highest BCUT2D eigenvalue weighted by atomic mass is 16.7. The van der Waals surface area contributed by atoms with Crippen LogP contribution in [0, 0.1) is 0 Å². The summed E-state index contributed by atoms with van der Waals surface area (Å²) in [5.74, 6) is 0. The van der Waals surface area contributed by atoms with Crippen LogP contribution in [0.3, 0.4) is 0 Å². The highest BCUT2D eigenvalue weighted by Crippen LogP contribution is 2.07. The molecule has 0 heterocycles. The molecule has 0 rings (SSSR count). The van der Waals surface area contributed by atoms with Crippen LogP contribution in [-0.4, -0.2) is 43.3 Å². The van der Waals surface area contributed by atoms with E-state index in [0.29, 0.717) is 19.8 Å². The highest BCUT2D eigenvalue weighted by molar-refractivity contribution is 4.77. The third-order valence-electron chi connectivity index (χ3n) is 2.19. The molecule has 92 valence electrons. The predicted molar refractivity (Wildman–Crippen MR) is 60.8 cm³/mol. The molecule has 0 radical (unpaired) electrons. The Morgan fingerprint density at radius 1 is 1.20 bits per heavy atom. The Hall–Kier alpha value is -0.160. The van der Waals surface area contributed by atoms with Gasteiger partial charge < -0.3 is 19.9 Å². The maximum atomic E-state index is 8.87. The zero-order valence-electron chi connectivity index (χ0n) is 10.4. The van der Waals surface area contributed by atoms with Crippen molar-refractivity contribution in [3.05, 3.63) is 0 Å². The monoisotopic (exact) mass is 219 g/mol. The molecule has 0 aliphatic rings. The molecule has 0 fully saturated rings. The first kappa shape index (κ1) is 14.8. The van der Waals surface area contributed by atoms with Crippen molar-refractivity contribution in [2.75, 3.05) is 26.4 Å². The van der Waals surface area contributed by atoms with Gasteiger partial charge in [-0.2, -0.15) is 0 Å². The van der Waals surface area contributed by atoms with Gasteiger partial charge in [0.2, 0.25) is 0 Å². The van der Waals surface area contributed by atoms with Crippen LogP contribution in [0.4, 0.5) is 0 Å². The molecular weight excluding hydrogens is 194 g/mol. The van der Waals surface area contributed by atoms with E-state index in [1.165, 1.54) is 0 Å². The van der Waals surface area contributed by atoms with Crippen LogP contribution in [0.2, 0.25) is 0 Å². The van der Waals surface area contributed by atoms with Gasteiger partial charge in [0.05, 0.1) is 0 Å². The lowest BCUT2D eigenvalue weighted by Crippen LogP contribution is -2.45. The van der Waals surface area contributed by atoms with Gasteiger partial charge >= 0.3 is 0 Å². The Kier molecular flexibility index (Phi) is 7.96. The molecule has 0 spiro atoms. The average Bonchev–Trinajstić information content (AvgIpc) is 2.15. The molecule has 0 bridgehead atoms. The van der Waals surface area contributed by atoms with Gasteiger partial charge in [0, 0.05) is 31.9 Å². The molecule has 0 amide bonds. The van der Waals surface area contributed by atoms with Gasteiger partial charge in [0.15, 0.2) is 6.29 Å². The quantitative estimate of drug-likeness (QED) is 0.571. The summed E-state index contributed by atoms with van der Waals surface area (Å²) >= 11 is 0. The standard InChI is InChI=1S/C11H25NO3/c1-5-14-10(15-6-2)9-12-11(3,4)7-8-13/h10,12-13H,5-9H2,1-4H3. The van der Waals surface area contributed by atoms with E-state index in [2.05, 4.69) is 19.2 Å². The van der Waals surface area contributed by atoms with Crippen molar-refractivity contribution in [1.82, 2.24) is 5.32 Å². The maximum absolute atomic E-state index is 8.87. The van der Waals surface area contributed by atoms with Crippen molar-refractivity contribution in [1.29, 1.82) is 0 Å². The minimum atomic E-state index is -0.196. The summed E-state index contributed by atoms with van der Waals surface area (Å²) in [7, 11) is 0. The molecule has 0 aromatic carbocycles. The zero-order chi connectivity index (χ0) is 11.7. The molecule has 4 nitrogen and oxygen atoms in total. The van der Waals surface area contributed by atoms with E-state index in [-0.39, 0.29) is 18.4 Å². The molecule has 0 unspecified atom stereocenters. The van der Waals surface area contributed by atoms with Gasteiger partial charge in [-0.15, -0.1) is 0 Å². The first-order chi connectivity index (χ1) is 7.05. The number of nitrogens with one attached hydrogen (secondary N) is 1. The molecule has 15 heavy (non-hydrogen) atoms. The molecule has 0 saturated carbocycles. The molecule has 0 aliphatic carbocycles. The third kappa shape index (κ3) is 7.73. The van der Waals surface area contributed by atoms with Crippen LogP contribution in [0.25, 0.3) is 0 Å². The van der Waals surface area contributed by atoms with Gasteiger partial charge in [0.25, 0.3) is 0 Å². The van der Waals surface area contributed by atoms with Gasteiger partial charge in [-0.3, -0.25) is 0 Å². The Morgan fingerprint density at radius 2 is 1.73 bits per heavy atom. The predicted octanol–water partition coefficient (Wildman–Crippen LogP) is 1.14. The molecular formula is C11H25NO3. The molecule has 2 N–H and O–H groups in total. The van der Waals surface area contributed by atoms with E-state index in [1.54, 1.807) is 0 Å². The molecule has 0 atom stereocenters. The van der Waals surface area contributed by atoms with E-state index in [1.807, 2.05) is 13.8 Å². The summed E-state index contributed by atoms with van der Waals surface area (Å²) in [6, 6.07) is 0. The summed E-state index contributed by atoms with van der Waals surface area (Å²) in [6.07, 6.45) is 0.524. The van der Waals surface area contributed by atoms with Gasteiger partial charge in [-0.25, -0.2) is 0 Å². The Morgan fingerprint density at radius 3 is 2.13 bits per heavy atom. The number of rotatable bonds is 9. The van der Waals surface area contributed by atoms with Gasteiger partial charge in [-0.05, 0) is 34.1 Å². The third-order valence-corrected chi connectivity index (χ3v) is 2.19. The van der Waals surface area contributed by atoms with Crippen LogP contribution >= 0.6 is 0 Å². The van der Waals surface area contributed by atoms with E-state index < -0.39 is 0 Å². The van der Waals surface area contributed by atoms with Crippen LogP contribution in [-0.2, 0) is 9.47 Å². The van der Waals surface area contributed by atoms with Crippen molar-refractivity contribution in [2.45, 2.75) is 45.9 Å². The highest BCUT2D eigenvalue weighted by Gasteiger charge is 2.18. The second-order valence-corrected chi connectivity index (χ2v) is 4.08. The number of hydrogen-bond acceptors (Lipinski definition) is 4. The lowest BCUT2D eigenvalue weighted by molar-refractivity contribution is -0.135. The molecule has 0 saturated heterocycles. The van der Waals surface area contributed by atoms with E-state index >= 15 is 0 Å². The molecule has 4 heteroatoms. The van der Waals surface area contributed by atoms with Crippen molar-refractivity contribution in [3.63, 3.8) is 0 Å². The molecule has 0 aromatic rings. The molecule has 0 aromatic heterocycles. The smallest absolute Gasteiger partial charge is 0.169 e. The van der Waals surface area contributed by atoms with Crippen LogP contribution in [0.1, 0.15) is 34.1 Å². The van der Waals surface area contributed by atoms with E-state index in [9.17, 15) is 0 Å². The van der Waals surface area contributed by atoms with Crippen LogP contribution < -0.4 is 5.32 Å². The fourth-order valence-electron chi connectivity index (χ4n) is 1.27. The lowest BCUT2D eigenvalue weighted by atomic mass is 10.0. The largest absolute Gasteiger partial charge is 0.396 e. The summed E-state index contributed by atoms with van der Waals surface area (Å²) < 4.78 is 10.8. The summed E-state index contributed by atoms with van der Waals surface area (Å²) in [6.45, 7) is 10.1.